The Labute approximate surface area is 127 Å². The molecule has 8 heteroatoms. The van der Waals surface area contributed by atoms with E-state index in [4.69, 9.17) is 15.2 Å². The van der Waals surface area contributed by atoms with Gasteiger partial charge in [-0.3, -0.25) is 4.72 Å². The van der Waals surface area contributed by atoms with E-state index in [0.29, 0.717) is 23.7 Å². The largest absolute Gasteiger partial charge is 0.497 e. The molecule has 1 aromatic heterocycles. The number of ether oxygens (including phenoxy) is 2. The lowest BCUT2D eigenvalue weighted by molar-refractivity contribution is 0.405. The number of methoxy groups -OCH3 is 2. The van der Waals surface area contributed by atoms with Crippen LogP contribution in [0.15, 0.2) is 33.9 Å². The lowest BCUT2D eigenvalue weighted by Gasteiger charge is -2.12. The predicted molar refractivity (Wildman–Crippen MR) is 82.6 cm³/mol. The summed E-state index contributed by atoms with van der Waals surface area (Å²) in [5.41, 5.74) is 6.59. The lowest BCUT2D eigenvalue weighted by Crippen LogP contribution is -2.12. The zero-order chi connectivity index (χ0) is 15.5. The second kappa shape index (κ2) is 6.33. The second-order valence-corrected chi connectivity index (χ2v) is 6.97. The molecule has 114 valence electrons. The Morgan fingerprint density at radius 3 is 2.57 bits per heavy atom. The number of benzene rings is 1. The smallest absolute Gasteiger partial charge is 0.271 e. The number of anilines is 1. The quantitative estimate of drug-likeness (QED) is 0.846. The summed E-state index contributed by atoms with van der Waals surface area (Å²) in [5.74, 6) is 0.942. The molecule has 2 aromatic rings. The van der Waals surface area contributed by atoms with Crippen LogP contribution in [-0.4, -0.2) is 22.6 Å². The monoisotopic (exact) mass is 328 g/mol. The third kappa shape index (κ3) is 3.46. The Bertz CT molecular complexity index is 726. The van der Waals surface area contributed by atoms with Crippen molar-refractivity contribution in [3.05, 3.63) is 35.2 Å². The molecule has 0 aliphatic rings. The van der Waals surface area contributed by atoms with Gasteiger partial charge in [0, 0.05) is 12.6 Å². The first-order valence-corrected chi connectivity index (χ1v) is 8.38. The van der Waals surface area contributed by atoms with E-state index in [0.717, 1.165) is 16.9 Å². The van der Waals surface area contributed by atoms with E-state index in [1.54, 1.807) is 29.6 Å². The van der Waals surface area contributed by atoms with Gasteiger partial charge >= 0.3 is 0 Å². The van der Waals surface area contributed by atoms with Gasteiger partial charge in [0.2, 0.25) is 0 Å². The zero-order valence-corrected chi connectivity index (χ0v) is 13.3. The third-order valence-corrected chi connectivity index (χ3v) is 5.64. The van der Waals surface area contributed by atoms with Crippen molar-refractivity contribution in [3.8, 4) is 11.5 Å². The van der Waals surface area contributed by atoms with Gasteiger partial charge in [-0.25, -0.2) is 8.42 Å². The number of sulfonamides is 1. The minimum Gasteiger partial charge on any atom is -0.497 e. The Morgan fingerprint density at radius 2 is 2.00 bits per heavy atom. The van der Waals surface area contributed by atoms with E-state index >= 15 is 0 Å². The van der Waals surface area contributed by atoms with Gasteiger partial charge in [0.1, 0.15) is 15.7 Å². The molecule has 0 radical (unpaired) electrons. The van der Waals surface area contributed by atoms with E-state index in [2.05, 4.69) is 4.72 Å². The number of hydrogen-bond acceptors (Lipinski definition) is 6. The van der Waals surface area contributed by atoms with Crippen LogP contribution in [0.5, 0.6) is 11.5 Å². The van der Waals surface area contributed by atoms with E-state index in [1.165, 1.54) is 14.2 Å². The fraction of sp³-hybridized carbons (Fsp3) is 0.231. The summed E-state index contributed by atoms with van der Waals surface area (Å²) < 4.78 is 37.7. The highest BCUT2D eigenvalue weighted by molar-refractivity contribution is 7.94. The van der Waals surface area contributed by atoms with E-state index in [1.807, 2.05) is 0 Å². The highest BCUT2D eigenvalue weighted by Crippen LogP contribution is 2.31. The first-order valence-electron chi connectivity index (χ1n) is 6.02. The highest BCUT2D eigenvalue weighted by Gasteiger charge is 2.19. The molecule has 0 bridgehead atoms. The highest BCUT2D eigenvalue weighted by atomic mass is 32.2. The van der Waals surface area contributed by atoms with Gasteiger partial charge < -0.3 is 15.2 Å². The van der Waals surface area contributed by atoms with Gasteiger partial charge in [-0.1, -0.05) is 0 Å². The SMILES string of the molecule is COc1ccc(OC)c(NS(=O)(=O)c2cc(CN)cs2)c1. The van der Waals surface area contributed by atoms with Crippen molar-refractivity contribution < 1.29 is 17.9 Å². The van der Waals surface area contributed by atoms with Gasteiger partial charge in [0.15, 0.2) is 0 Å². The van der Waals surface area contributed by atoms with Crippen molar-refractivity contribution in [2.45, 2.75) is 10.8 Å². The first-order chi connectivity index (χ1) is 10.00. The normalized spacial score (nSPS) is 11.2. The van der Waals surface area contributed by atoms with Crippen molar-refractivity contribution in [2.24, 2.45) is 5.73 Å². The van der Waals surface area contributed by atoms with Crippen molar-refractivity contribution in [3.63, 3.8) is 0 Å². The van der Waals surface area contributed by atoms with Crippen LogP contribution in [0, 0.1) is 0 Å². The molecular formula is C13H16N2O4S2. The molecule has 0 amide bonds. The maximum atomic E-state index is 12.4. The number of rotatable bonds is 6. The summed E-state index contributed by atoms with van der Waals surface area (Å²) >= 11 is 1.12. The maximum Gasteiger partial charge on any atom is 0.271 e. The van der Waals surface area contributed by atoms with E-state index < -0.39 is 10.0 Å². The zero-order valence-electron chi connectivity index (χ0n) is 11.6. The predicted octanol–water partition coefficient (Wildman–Crippen LogP) is 2.02. The summed E-state index contributed by atoms with van der Waals surface area (Å²) in [4.78, 5) is 0. The van der Waals surface area contributed by atoms with Gasteiger partial charge in [-0.15, -0.1) is 11.3 Å². The van der Waals surface area contributed by atoms with Crippen LogP contribution in [0.2, 0.25) is 0 Å². The molecule has 6 nitrogen and oxygen atoms in total. The fourth-order valence-corrected chi connectivity index (χ4v) is 3.97. The van der Waals surface area contributed by atoms with Gasteiger partial charge in [0.05, 0.1) is 19.9 Å². The molecule has 2 rings (SSSR count). The summed E-state index contributed by atoms with van der Waals surface area (Å²) in [6.45, 7) is 0.300. The summed E-state index contributed by atoms with van der Waals surface area (Å²) in [6.07, 6.45) is 0. The Morgan fingerprint density at radius 1 is 1.24 bits per heavy atom. The summed E-state index contributed by atoms with van der Waals surface area (Å²) in [6, 6.07) is 6.44. The third-order valence-electron chi connectivity index (χ3n) is 2.78. The average Bonchev–Trinajstić information content (AvgIpc) is 2.96. The maximum absolute atomic E-state index is 12.4. The van der Waals surface area contributed by atoms with Crippen molar-refractivity contribution >= 4 is 27.0 Å². The second-order valence-electron chi connectivity index (χ2n) is 4.15. The molecule has 0 aliphatic heterocycles. The molecule has 0 atom stereocenters. The topological polar surface area (TPSA) is 90.6 Å². The van der Waals surface area contributed by atoms with Crippen LogP contribution < -0.4 is 19.9 Å². The minimum atomic E-state index is -3.68. The molecule has 1 heterocycles. The minimum absolute atomic E-state index is 0.202. The molecule has 21 heavy (non-hydrogen) atoms. The standard InChI is InChI=1S/C13H16N2O4S2/c1-18-10-3-4-12(19-2)11(6-10)15-21(16,17)13-5-9(7-14)8-20-13/h3-6,8,15H,7,14H2,1-2H3. The van der Waals surface area contributed by atoms with Gasteiger partial charge in [0.25, 0.3) is 10.0 Å². The van der Waals surface area contributed by atoms with Crippen LogP contribution in [0.4, 0.5) is 5.69 Å². The number of hydrogen-bond donors (Lipinski definition) is 2. The summed E-state index contributed by atoms with van der Waals surface area (Å²) in [7, 11) is -0.706. The number of nitrogens with two attached hydrogens (primary N) is 1. The van der Waals surface area contributed by atoms with E-state index in [9.17, 15) is 8.42 Å². The lowest BCUT2D eigenvalue weighted by atomic mass is 10.3. The van der Waals surface area contributed by atoms with Crippen molar-refractivity contribution in [1.82, 2.24) is 0 Å². The van der Waals surface area contributed by atoms with Crippen molar-refractivity contribution in [2.75, 3.05) is 18.9 Å². The van der Waals surface area contributed by atoms with Crippen LogP contribution in [-0.2, 0) is 16.6 Å². The molecular weight excluding hydrogens is 312 g/mol. The molecule has 0 fully saturated rings. The Balaban J connectivity index is 2.35. The Kier molecular flexibility index (Phi) is 4.71. The first kappa shape index (κ1) is 15.6. The molecule has 0 saturated heterocycles. The summed E-state index contributed by atoms with van der Waals surface area (Å²) in [5, 5.41) is 1.72. The Hall–Kier alpha value is -1.77. The fourth-order valence-electron chi connectivity index (χ4n) is 1.69. The molecule has 1 aromatic carbocycles. The number of nitrogens with one attached hydrogen (secondary N) is 1. The van der Waals surface area contributed by atoms with Gasteiger partial charge in [-0.05, 0) is 29.1 Å². The molecule has 3 N–H and O–H groups in total. The van der Waals surface area contributed by atoms with E-state index in [-0.39, 0.29) is 4.21 Å². The molecule has 0 unspecified atom stereocenters. The number of thiophene rings is 1. The average molecular weight is 328 g/mol. The van der Waals surface area contributed by atoms with Crippen LogP contribution in [0.1, 0.15) is 5.56 Å². The van der Waals surface area contributed by atoms with Crippen LogP contribution in [0.25, 0.3) is 0 Å². The van der Waals surface area contributed by atoms with Crippen LogP contribution >= 0.6 is 11.3 Å². The molecule has 0 saturated carbocycles. The van der Waals surface area contributed by atoms with Crippen molar-refractivity contribution in [1.29, 1.82) is 0 Å². The van der Waals surface area contributed by atoms with Gasteiger partial charge in [-0.2, -0.15) is 0 Å². The molecule has 0 aliphatic carbocycles. The van der Waals surface area contributed by atoms with Crippen LogP contribution in [0.3, 0.4) is 0 Å². The molecule has 0 spiro atoms.